The molecule has 0 spiro atoms. The molecule has 7 nitrogen and oxygen atoms in total. The Kier molecular flexibility index (Phi) is 18.0. The van der Waals surface area contributed by atoms with E-state index in [-0.39, 0.29) is 33.0 Å². The van der Waals surface area contributed by atoms with Crippen LogP contribution >= 0.6 is 52.5 Å². The minimum Gasteiger partial charge on any atom is -0.395 e. The van der Waals surface area contributed by atoms with E-state index in [0.717, 1.165) is 20.1 Å². The van der Waals surface area contributed by atoms with Crippen molar-refractivity contribution in [1.82, 2.24) is 0 Å². The van der Waals surface area contributed by atoms with E-state index in [2.05, 4.69) is 105 Å². The van der Waals surface area contributed by atoms with Crippen LogP contribution in [0.4, 0.5) is 0 Å². The summed E-state index contributed by atoms with van der Waals surface area (Å²) in [6, 6.07) is 47.6. The maximum atomic E-state index is 10.4. The average Bonchev–Trinajstić information content (AvgIpc) is 3.21. The van der Waals surface area contributed by atoms with E-state index >= 15 is 0 Å². The van der Waals surface area contributed by atoms with Gasteiger partial charge in [0.2, 0.25) is 0 Å². The van der Waals surface area contributed by atoms with Crippen LogP contribution in [0.15, 0.2) is 148 Å². The Balaban J connectivity index is 1.51. The van der Waals surface area contributed by atoms with Gasteiger partial charge in [0, 0.05) is 55.5 Å². The second-order valence-corrected chi connectivity index (χ2v) is 21.9. The third kappa shape index (κ3) is 12.3. The van der Waals surface area contributed by atoms with Crippen LogP contribution in [-0.2, 0) is 29.8 Å². The van der Waals surface area contributed by atoms with Gasteiger partial charge in [-0.05, 0) is 64.9 Å². The van der Waals surface area contributed by atoms with Crippen molar-refractivity contribution in [2.75, 3.05) is 56.0 Å². The molecule has 56 heavy (non-hydrogen) atoms. The molecule has 0 unspecified atom stereocenters. The van der Waals surface area contributed by atoms with Gasteiger partial charge in [0.25, 0.3) is 0 Å². The first kappa shape index (κ1) is 44.6. The first-order chi connectivity index (χ1) is 27.3. The Hall–Kier alpha value is -2.46. The molecule has 0 atom stereocenters. The van der Waals surface area contributed by atoms with E-state index in [1.807, 2.05) is 66.7 Å². The van der Waals surface area contributed by atoms with Crippen LogP contribution in [0.5, 0.6) is 0 Å². The molecule has 0 saturated heterocycles. The van der Waals surface area contributed by atoms with E-state index in [1.165, 1.54) is 16.7 Å². The number of hydrogen-bond acceptors (Lipinski definition) is 7. The molecule has 0 saturated carbocycles. The molecule has 5 aromatic carbocycles. The zero-order valence-corrected chi connectivity index (χ0v) is 36.4. The maximum absolute atomic E-state index is 10.4. The van der Waals surface area contributed by atoms with Gasteiger partial charge in [-0.15, -0.1) is 20.6 Å². The van der Waals surface area contributed by atoms with Crippen LogP contribution in [0.3, 0.4) is 0 Å². The molecule has 0 aliphatic rings. The van der Waals surface area contributed by atoms with Crippen LogP contribution in [0.2, 0.25) is 0 Å². The largest absolute Gasteiger partial charge is 0.660 e. The molecule has 0 radical (unpaired) electrons. The zero-order valence-electron chi connectivity index (χ0n) is 31.6. The molecule has 300 valence electrons. The fourth-order valence-electron chi connectivity index (χ4n) is 7.21. The molecule has 0 fully saturated rings. The van der Waals surface area contributed by atoms with Crippen molar-refractivity contribution in [2.45, 2.75) is 29.8 Å². The molecule has 5 rings (SSSR count). The quantitative estimate of drug-likeness (QED) is 0.0278. The summed E-state index contributed by atoms with van der Waals surface area (Å²) in [6.45, 7) is -0.295. The summed E-state index contributed by atoms with van der Waals surface area (Å²) in [5.41, 5.74) is 5.05. The fourth-order valence-corrected chi connectivity index (χ4v) is 13.1. The molecule has 4 N–H and O–H groups in total. The molecule has 0 aromatic heterocycles. The highest BCUT2D eigenvalue weighted by Gasteiger charge is 2.41. The van der Waals surface area contributed by atoms with Crippen molar-refractivity contribution >= 4 is 59.8 Å². The van der Waals surface area contributed by atoms with Gasteiger partial charge in [-0.1, -0.05) is 147 Å². The number of benzene rings is 5. The van der Waals surface area contributed by atoms with Gasteiger partial charge in [-0.3, -0.25) is 0 Å². The topological polar surface area (TPSA) is 109 Å². The lowest BCUT2D eigenvalue weighted by atomic mass is 9.67. The van der Waals surface area contributed by atoms with Crippen molar-refractivity contribution in [3.05, 3.63) is 176 Å². The molecule has 0 heterocycles. The smallest absolute Gasteiger partial charge is 0.395 e. The van der Waals surface area contributed by atoms with Crippen molar-refractivity contribution in [1.29, 1.82) is 0 Å². The third-order valence-electron chi connectivity index (χ3n) is 9.85. The van der Waals surface area contributed by atoms with E-state index in [0.29, 0.717) is 47.4 Å². The standard InChI is InChI=1S/C44H53BBr2O7S2/c46-42-21-17-37(18-22-42)35-55(31-26-48,32-27-49)53-45(54-56(33-28-50,34-29-51)36-38-19-23-43(47)24-20-38)52-30-10-25-44(39-11-4-1-5-12-39,40-13-6-2-7-14-40)41-15-8-3-9-16-41/h1-9,11-24,48-51H,10,25-36H2. The SMILES string of the molecule is OCCS(CCO)(Cc1ccc(Br)cc1)OB(OCCCC(c1ccccc1)(c1ccccc1)c1ccccc1)OS(CCO)(CCO)Cc1ccc(Br)cc1. The average molecular weight is 929 g/mol. The summed E-state index contributed by atoms with van der Waals surface area (Å²) >= 11 is 7.06. The molecule has 0 bridgehead atoms. The minimum absolute atomic E-state index is 0.142. The zero-order chi connectivity index (χ0) is 39.7. The van der Waals surface area contributed by atoms with Crippen molar-refractivity contribution in [3.8, 4) is 0 Å². The Morgan fingerprint density at radius 1 is 0.482 bits per heavy atom. The first-order valence-corrected chi connectivity index (χ1v) is 24.6. The minimum atomic E-state index is -2.22. The molecular weight excluding hydrogens is 875 g/mol. The monoisotopic (exact) mass is 926 g/mol. The number of aliphatic hydroxyl groups excluding tert-OH is 4. The van der Waals surface area contributed by atoms with Crippen molar-refractivity contribution in [2.24, 2.45) is 0 Å². The highest BCUT2D eigenvalue weighted by molar-refractivity contribution is 9.10. The van der Waals surface area contributed by atoms with Crippen LogP contribution in [0, 0.1) is 0 Å². The molecule has 0 amide bonds. The summed E-state index contributed by atoms with van der Waals surface area (Å²) in [5, 5.41) is 41.7. The Morgan fingerprint density at radius 3 is 1.14 bits per heavy atom. The predicted molar refractivity (Wildman–Crippen MR) is 241 cm³/mol. The maximum Gasteiger partial charge on any atom is 0.660 e. The van der Waals surface area contributed by atoms with E-state index in [1.54, 1.807) is 0 Å². The van der Waals surface area contributed by atoms with Gasteiger partial charge < -0.3 is 33.3 Å². The summed E-state index contributed by atoms with van der Waals surface area (Å²) in [5.74, 6) is 2.17. The van der Waals surface area contributed by atoms with Gasteiger partial charge in [0.1, 0.15) is 0 Å². The van der Waals surface area contributed by atoms with Crippen LogP contribution in [-0.4, -0.2) is 83.8 Å². The van der Waals surface area contributed by atoms with E-state index in [4.69, 9.17) is 12.9 Å². The molecule has 12 heteroatoms. The summed E-state index contributed by atoms with van der Waals surface area (Å²) in [7, 11) is -5.63. The Morgan fingerprint density at radius 2 is 0.821 bits per heavy atom. The Labute approximate surface area is 352 Å². The summed E-state index contributed by atoms with van der Waals surface area (Å²) in [4.78, 5) is 0. The van der Waals surface area contributed by atoms with Gasteiger partial charge in [0.05, 0.1) is 26.4 Å². The second kappa shape index (κ2) is 22.6. The van der Waals surface area contributed by atoms with Crippen LogP contribution in [0.25, 0.3) is 0 Å². The number of rotatable bonds is 24. The third-order valence-corrected chi connectivity index (χ3v) is 17.5. The number of aliphatic hydroxyl groups is 4. The second-order valence-electron chi connectivity index (χ2n) is 13.6. The normalized spacial score (nSPS) is 12.8. The number of hydrogen-bond donors (Lipinski definition) is 4. The van der Waals surface area contributed by atoms with Crippen molar-refractivity contribution < 1.29 is 33.3 Å². The predicted octanol–water partition coefficient (Wildman–Crippen LogP) is 9.17. The molecular formula is C44H53BBr2O7S2. The van der Waals surface area contributed by atoms with Gasteiger partial charge >= 0.3 is 7.32 Å². The van der Waals surface area contributed by atoms with Gasteiger partial charge in [-0.25, -0.2) is 0 Å². The summed E-state index contributed by atoms with van der Waals surface area (Å²) < 4.78 is 22.6. The molecule has 0 aliphatic heterocycles. The van der Waals surface area contributed by atoms with Crippen LogP contribution in [0.1, 0.15) is 40.7 Å². The highest BCUT2D eigenvalue weighted by Crippen LogP contribution is 2.57. The molecule has 5 aromatic rings. The lowest BCUT2D eigenvalue weighted by Crippen LogP contribution is -2.37. The lowest BCUT2D eigenvalue weighted by Gasteiger charge is -2.45. The van der Waals surface area contributed by atoms with Crippen LogP contribution < -0.4 is 0 Å². The highest BCUT2D eigenvalue weighted by atomic mass is 79.9. The van der Waals surface area contributed by atoms with Gasteiger partial charge in [0.15, 0.2) is 0 Å². The number of halogens is 2. The summed E-state index contributed by atoms with van der Waals surface area (Å²) in [6.07, 6.45) is 1.35. The van der Waals surface area contributed by atoms with Gasteiger partial charge in [-0.2, -0.15) is 0 Å². The Bertz CT molecular complexity index is 1670. The lowest BCUT2D eigenvalue weighted by molar-refractivity contribution is 0.203. The van der Waals surface area contributed by atoms with E-state index < -0.39 is 33.4 Å². The first-order valence-electron chi connectivity index (χ1n) is 18.9. The molecule has 0 aliphatic carbocycles. The van der Waals surface area contributed by atoms with Crippen molar-refractivity contribution in [3.63, 3.8) is 0 Å². The van der Waals surface area contributed by atoms with E-state index in [9.17, 15) is 20.4 Å². The fraction of sp³-hybridized carbons (Fsp3) is 0.318.